The minimum Gasteiger partial charge on any atom is -0.257 e. The van der Waals surface area contributed by atoms with Crippen LogP contribution in [0.5, 0.6) is 0 Å². The van der Waals surface area contributed by atoms with Crippen molar-refractivity contribution in [3.63, 3.8) is 0 Å². The molecule has 1 saturated carbocycles. The van der Waals surface area contributed by atoms with Crippen LogP contribution < -0.4 is 0 Å². The van der Waals surface area contributed by atoms with Crippen LogP contribution in [0, 0.1) is 5.92 Å². The Bertz CT molecular complexity index is 470. The number of benzene rings is 1. The predicted octanol–water partition coefficient (Wildman–Crippen LogP) is 5.45. The molecule has 0 amide bonds. The SMILES string of the molecule is C1=C(C2CCCC/C2=N\c2ccccc2)CCCC1. The minimum absolute atomic E-state index is 0.647. The van der Waals surface area contributed by atoms with Crippen molar-refractivity contribution in [1.29, 1.82) is 0 Å². The lowest BCUT2D eigenvalue weighted by Gasteiger charge is -2.28. The second-order valence-electron chi connectivity index (χ2n) is 5.76. The largest absolute Gasteiger partial charge is 0.257 e. The lowest BCUT2D eigenvalue weighted by Crippen LogP contribution is -2.22. The van der Waals surface area contributed by atoms with E-state index in [2.05, 4.69) is 36.4 Å². The number of nitrogens with zero attached hydrogens (tertiary/aromatic N) is 1. The molecule has 0 bridgehead atoms. The number of hydrogen-bond donors (Lipinski definition) is 0. The smallest absolute Gasteiger partial charge is 0.0629 e. The summed E-state index contributed by atoms with van der Waals surface area (Å²) in [6.07, 6.45) is 13.0. The van der Waals surface area contributed by atoms with Crippen LogP contribution in [-0.2, 0) is 0 Å². The molecule has 2 aliphatic rings. The predicted molar refractivity (Wildman–Crippen MR) is 82.0 cm³/mol. The maximum absolute atomic E-state index is 4.95. The zero-order valence-corrected chi connectivity index (χ0v) is 11.6. The Morgan fingerprint density at radius 2 is 1.74 bits per heavy atom. The van der Waals surface area contributed by atoms with Gasteiger partial charge < -0.3 is 0 Å². The van der Waals surface area contributed by atoms with E-state index in [-0.39, 0.29) is 0 Å². The molecule has 1 heteroatoms. The average Bonchev–Trinajstić information content (AvgIpc) is 2.50. The number of hydrogen-bond acceptors (Lipinski definition) is 1. The van der Waals surface area contributed by atoms with Gasteiger partial charge in [0.05, 0.1) is 5.69 Å². The van der Waals surface area contributed by atoms with Crippen molar-refractivity contribution in [2.24, 2.45) is 10.9 Å². The second-order valence-corrected chi connectivity index (χ2v) is 5.76. The Hall–Kier alpha value is -1.37. The van der Waals surface area contributed by atoms with Crippen LogP contribution in [-0.4, -0.2) is 5.71 Å². The van der Waals surface area contributed by atoms with Gasteiger partial charge in [0.15, 0.2) is 0 Å². The van der Waals surface area contributed by atoms with Crippen molar-refractivity contribution in [2.75, 3.05) is 0 Å². The maximum Gasteiger partial charge on any atom is 0.0629 e. The molecule has 3 rings (SSSR count). The van der Waals surface area contributed by atoms with Gasteiger partial charge in [-0.1, -0.05) is 36.3 Å². The minimum atomic E-state index is 0.647. The number of para-hydroxylation sites is 1. The first-order chi connectivity index (χ1) is 9.43. The van der Waals surface area contributed by atoms with E-state index in [4.69, 9.17) is 4.99 Å². The highest BCUT2D eigenvalue weighted by atomic mass is 14.8. The summed E-state index contributed by atoms with van der Waals surface area (Å²) in [4.78, 5) is 4.95. The quantitative estimate of drug-likeness (QED) is 0.621. The molecular formula is C18H23N. The number of aliphatic imine (C=N–C) groups is 1. The highest BCUT2D eigenvalue weighted by Gasteiger charge is 2.24. The molecule has 1 fully saturated rings. The maximum atomic E-state index is 4.95. The summed E-state index contributed by atoms with van der Waals surface area (Å²) in [5, 5.41) is 0. The molecule has 0 heterocycles. The molecule has 1 nitrogen and oxygen atoms in total. The molecule has 0 aliphatic heterocycles. The van der Waals surface area contributed by atoms with Crippen molar-refractivity contribution < 1.29 is 0 Å². The molecule has 2 aliphatic carbocycles. The molecule has 100 valence electrons. The van der Waals surface area contributed by atoms with Crippen molar-refractivity contribution in [3.8, 4) is 0 Å². The molecule has 0 saturated heterocycles. The molecular weight excluding hydrogens is 230 g/mol. The van der Waals surface area contributed by atoms with Gasteiger partial charge in [-0.3, -0.25) is 4.99 Å². The van der Waals surface area contributed by atoms with Crippen molar-refractivity contribution >= 4 is 11.4 Å². The molecule has 1 atom stereocenters. The number of rotatable bonds is 2. The van der Waals surface area contributed by atoms with Gasteiger partial charge in [0.25, 0.3) is 0 Å². The van der Waals surface area contributed by atoms with Crippen LogP contribution in [0.3, 0.4) is 0 Å². The van der Waals surface area contributed by atoms with Crippen molar-refractivity contribution in [3.05, 3.63) is 42.0 Å². The number of allylic oxidation sites excluding steroid dienone is 2. The average molecular weight is 253 g/mol. The van der Waals surface area contributed by atoms with E-state index in [9.17, 15) is 0 Å². The third-order valence-corrected chi connectivity index (χ3v) is 4.38. The van der Waals surface area contributed by atoms with Crippen LogP contribution in [0.4, 0.5) is 5.69 Å². The van der Waals surface area contributed by atoms with E-state index in [1.807, 2.05) is 0 Å². The summed E-state index contributed by atoms with van der Waals surface area (Å²) in [5.41, 5.74) is 4.24. The van der Waals surface area contributed by atoms with Gasteiger partial charge in [0.2, 0.25) is 0 Å². The van der Waals surface area contributed by atoms with Crippen LogP contribution in [0.2, 0.25) is 0 Å². The van der Waals surface area contributed by atoms with Gasteiger partial charge >= 0.3 is 0 Å². The Morgan fingerprint density at radius 1 is 0.895 bits per heavy atom. The summed E-state index contributed by atoms with van der Waals surface area (Å²) in [6, 6.07) is 10.5. The van der Waals surface area contributed by atoms with Gasteiger partial charge in [0, 0.05) is 11.6 Å². The Balaban J connectivity index is 1.84. The van der Waals surface area contributed by atoms with Gasteiger partial charge in [-0.15, -0.1) is 0 Å². The highest BCUT2D eigenvalue weighted by Crippen LogP contribution is 2.34. The molecule has 0 aromatic heterocycles. The van der Waals surface area contributed by atoms with Gasteiger partial charge in [-0.2, -0.15) is 0 Å². The zero-order valence-electron chi connectivity index (χ0n) is 11.6. The Kier molecular flexibility index (Phi) is 4.12. The molecule has 0 spiro atoms. The molecule has 1 aromatic carbocycles. The first-order valence-electron chi connectivity index (χ1n) is 7.75. The molecule has 1 unspecified atom stereocenters. The normalized spacial score (nSPS) is 26.2. The fourth-order valence-electron chi connectivity index (χ4n) is 3.38. The topological polar surface area (TPSA) is 12.4 Å². The second kappa shape index (κ2) is 6.18. The van der Waals surface area contributed by atoms with E-state index in [1.165, 1.54) is 57.1 Å². The summed E-state index contributed by atoms with van der Waals surface area (Å²) in [5.74, 6) is 0.647. The summed E-state index contributed by atoms with van der Waals surface area (Å²) in [6.45, 7) is 0. The fraction of sp³-hybridized carbons (Fsp3) is 0.500. The van der Waals surface area contributed by atoms with Crippen LogP contribution in [0.15, 0.2) is 47.0 Å². The van der Waals surface area contributed by atoms with Crippen LogP contribution >= 0.6 is 0 Å². The highest BCUT2D eigenvalue weighted by molar-refractivity contribution is 5.91. The molecule has 0 N–H and O–H groups in total. The summed E-state index contributed by atoms with van der Waals surface area (Å²) >= 11 is 0. The lowest BCUT2D eigenvalue weighted by atomic mass is 9.78. The molecule has 1 aromatic rings. The standard InChI is InChI=1S/C18H23N/c1-3-9-15(10-4-1)17-13-7-8-14-18(17)19-16-11-5-2-6-12-16/h2,5-6,9,11-12,17H,1,3-4,7-8,10,13-14H2/b19-18+. The van der Waals surface area contributed by atoms with Gasteiger partial charge in [-0.05, 0) is 57.1 Å². The first-order valence-corrected chi connectivity index (χ1v) is 7.75. The van der Waals surface area contributed by atoms with Crippen molar-refractivity contribution in [1.82, 2.24) is 0 Å². The van der Waals surface area contributed by atoms with E-state index in [1.54, 1.807) is 5.57 Å². The van der Waals surface area contributed by atoms with E-state index in [0.29, 0.717) is 5.92 Å². The zero-order chi connectivity index (χ0) is 12.9. The summed E-state index contributed by atoms with van der Waals surface area (Å²) < 4.78 is 0. The summed E-state index contributed by atoms with van der Waals surface area (Å²) in [7, 11) is 0. The van der Waals surface area contributed by atoms with Crippen LogP contribution in [0.25, 0.3) is 0 Å². The molecule has 19 heavy (non-hydrogen) atoms. The van der Waals surface area contributed by atoms with Gasteiger partial charge in [0.1, 0.15) is 0 Å². The van der Waals surface area contributed by atoms with Crippen LogP contribution in [0.1, 0.15) is 51.4 Å². The lowest BCUT2D eigenvalue weighted by molar-refractivity contribution is 0.541. The third-order valence-electron chi connectivity index (χ3n) is 4.38. The third kappa shape index (κ3) is 3.15. The first kappa shape index (κ1) is 12.7. The van der Waals surface area contributed by atoms with E-state index >= 15 is 0 Å². The van der Waals surface area contributed by atoms with E-state index in [0.717, 1.165) is 5.69 Å². The monoisotopic (exact) mass is 253 g/mol. The fourth-order valence-corrected chi connectivity index (χ4v) is 3.38. The van der Waals surface area contributed by atoms with E-state index < -0.39 is 0 Å². The Morgan fingerprint density at radius 3 is 2.53 bits per heavy atom. The van der Waals surface area contributed by atoms with Gasteiger partial charge in [-0.25, -0.2) is 0 Å². The molecule has 0 radical (unpaired) electrons. The van der Waals surface area contributed by atoms with Crippen molar-refractivity contribution in [2.45, 2.75) is 51.4 Å². The Labute approximate surface area is 116 Å².